The largest absolute Gasteiger partial charge is 0.349 e. The van der Waals surface area contributed by atoms with E-state index in [4.69, 9.17) is 11.6 Å². The molecule has 0 aromatic heterocycles. The fourth-order valence-electron chi connectivity index (χ4n) is 3.50. The first kappa shape index (κ1) is 14.1. The number of fused-ring (bicyclic) bond motifs is 1. The average molecular weight is 313 g/mol. The Morgan fingerprint density at radius 2 is 2.00 bits per heavy atom. The Balaban J connectivity index is 1.57. The molecule has 3 aliphatic rings. The van der Waals surface area contributed by atoms with Gasteiger partial charge in [-0.1, -0.05) is 36.4 Å². The summed E-state index contributed by atoms with van der Waals surface area (Å²) in [5.74, 6) is 0.746. The van der Waals surface area contributed by atoms with Crippen molar-refractivity contribution in [2.24, 2.45) is 5.92 Å². The van der Waals surface area contributed by atoms with Gasteiger partial charge in [-0.15, -0.1) is 0 Å². The number of rotatable bonds is 3. The number of halogens is 1. The van der Waals surface area contributed by atoms with Gasteiger partial charge in [-0.3, -0.25) is 4.90 Å². The van der Waals surface area contributed by atoms with Crippen molar-refractivity contribution in [3.8, 4) is 0 Å². The fourth-order valence-corrected chi connectivity index (χ4v) is 3.69. The SMILES string of the molecule is C=C1C=CN2CCN(Cc3ccccc3Cl)CC2=C1C1CC1. The maximum Gasteiger partial charge on any atom is 0.0451 e. The van der Waals surface area contributed by atoms with E-state index in [1.165, 1.54) is 35.2 Å². The lowest BCUT2D eigenvalue weighted by atomic mass is 9.95. The highest BCUT2D eigenvalue weighted by Crippen LogP contribution is 2.44. The molecule has 2 nitrogen and oxygen atoms in total. The number of hydrogen-bond acceptors (Lipinski definition) is 2. The van der Waals surface area contributed by atoms with Crippen LogP contribution < -0.4 is 0 Å². The van der Waals surface area contributed by atoms with Gasteiger partial charge < -0.3 is 4.90 Å². The summed E-state index contributed by atoms with van der Waals surface area (Å²) >= 11 is 6.32. The van der Waals surface area contributed by atoms with E-state index in [1.807, 2.05) is 12.1 Å². The maximum atomic E-state index is 6.32. The molecule has 0 atom stereocenters. The number of benzene rings is 1. The van der Waals surface area contributed by atoms with E-state index in [1.54, 1.807) is 0 Å². The number of piperazine rings is 1. The Kier molecular flexibility index (Phi) is 3.59. The molecule has 0 amide bonds. The number of nitrogens with zero attached hydrogens (tertiary/aromatic N) is 2. The highest BCUT2D eigenvalue weighted by molar-refractivity contribution is 6.31. The Morgan fingerprint density at radius 1 is 1.18 bits per heavy atom. The fraction of sp³-hybridized carbons (Fsp3) is 0.368. The van der Waals surface area contributed by atoms with E-state index in [0.29, 0.717) is 0 Å². The molecule has 2 fully saturated rings. The van der Waals surface area contributed by atoms with Crippen molar-refractivity contribution in [1.29, 1.82) is 0 Å². The lowest BCUT2D eigenvalue weighted by Gasteiger charge is -2.40. The standard InChI is InChI=1S/C19H21ClN2/c1-14-8-9-22-11-10-21(12-16-4-2-3-5-17(16)20)13-18(22)19(14)15-6-7-15/h2-5,8-9,15H,1,6-7,10-13H2. The molecule has 0 unspecified atom stereocenters. The Hall–Kier alpha value is -1.51. The van der Waals surface area contributed by atoms with Crippen molar-refractivity contribution < 1.29 is 0 Å². The van der Waals surface area contributed by atoms with Crippen molar-refractivity contribution in [3.05, 3.63) is 70.5 Å². The first-order chi connectivity index (χ1) is 10.7. The maximum absolute atomic E-state index is 6.32. The summed E-state index contributed by atoms with van der Waals surface area (Å²) in [7, 11) is 0. The molecular formula is C19H21ClN2. The summed E-state index contributed by atoms with van der Waals surface area (Å²) in [5, 5.41) is 0.870. The van der Waals surface area contributed by atoms with Gasteiger partial charge >= 0.3 is 0 Å². The van der Waals surface area contributed by atoms with Crippen molar-refractivity contribution >= 4 is 11.6 Å². The van der Waals surface area contributed by atoms with E-state index in [-0.39, 0.29) is 0 Å². The van der Waals surface area contributed by atoms with Crippen LogP contribution in [0.15, 0.2) is 60.0 Å². The molecule has 1 saturated heterocycles. The number of hydrogen-bond donors (Lipinski definition) is 0. The van der Waals surface area contributed by atoms with E-state index in [9.17, 15) is 0 Å². The van der Waals surface area contributed by atoms with E-state index < -0.39 is 0 Å². The monoisotopic (exact) mass is 312 g/mol. The van der Waals surface area contributed by atoms with Crippen LogP contribution in [0.25, 0.3) is 0 Å². The van der Waals surface area contributed by atoms with E-state index in [0.717, 1.165) is 37.1 Å². The summed E-state index contributed by atoms with van der Waals surface area (Å²) in [4.78, 5) is 4.92. The molecule has 1 aromatic rings. The molecule has 1 saturated carbocycles. The quantitative estimate of drug-likeness (QED) is 0.825. The molecule has 1 aromatic carbocycles. The van der Waals surface area contributed by atoms with Gasteiger partial charge in [0.05, 0.1) is 0 Å². The smallest absolute Gasteiger partial charge is 0.0451 e. The van der Waals surface area contributed by atoms with Crippen LogP contribution >= 0.6 is 11.6 Å². The third-order valence-electron chi connectivity index (χ3n) is 4.83. The third kappa shape index (κ3) is 2.62. The van der Waals surface area contributed by atoms with Crippen LogP contribution in [-0.2, 0) is 6.54 Å². The van der Waals surface area contributed by atoms with Crippen LogP contribution in [0.3, 0.4) is 0 Å². The summed E-state index contributed by atoms with van der Waals surface area (Å²) < 4.78 is 0. The van der Waals surface area contributed by atoms with Gasteiger partial charge in [0, 0.05) is 43.1 Å². The van der Waals surface area contributed by atoms with Crippen molar-refractivity contribution in [2.75, 3.05) is 19.6 Å². The van der Waals surface area contributed by atoms with E-state index >= 15 is 0 Å². The zero-order valence-corrected chi connectivity index (χ0v) is 13.5. The molecule has 0 N–H and O–H groups in total. The first-order valence-electron chi connectivity index (χ1n) is 8.05. The highest BCUT2D eigenvalue weighted by atomic mass is 35.5. The van der Waals surface area contributed by atoms with Gasteiger partial charge in [0.1, 0.15) is 0 Å². The zero-order chi connectivity index (χ0) is 15.1. The van der Waals surface area contributed by atoms with Gasteiger partial charge in [0.25, 0.3) is 0 Å². The predicted octanol–water partition coefficient (Wildman–Crippen LogP) is 4.21. The third-order valence-corrected chi connectivity index (χ3v) is 5.20. The Bertz CT molecular complexity index is 670. The molecule has 22 heavy (non-hydrogen) atoms. The molecule has 0 bridgehead atoms. The Morgan fingerprint density at radius 3 is 2.77 bits per heavy atom. The molecule has 114 valence electrons. The molecule has 2 aliphatic heterocycles. The van der Waals surface area contributed by atoms with Gasteiger partial charge in [0.15, 0.2) is 0 Å². The molecule has 2 heterocycles. The summed E-state index contributed by atoms with van der Waals surface area (Å²) in [6.07, 6.45) is 7.03. The van der Waals surface area contributed by atoms with Gasteiger partial charge in [0.2, 0.25) is 0 Å². The second kappa shape index (κ2) is 5.60. The molecule has 0 radical (unpaired) electrons. The van der Waals surface area contributed by atoms with Crippen LogP contribution in [-0.4, -0.2) is 29.4 Å². The lowest BCUT2D eigenvalue weighted by molar-refractivity contribution is 0.198. The van der Waals surface area contributed by atoms with Gasteiger partial charge in [-0.05, 0) is 47.6 Å². The van der Waals surface area contributed by atoms with E-state index in [2.05, 4.69) is 40.8 Å². The first-order valence-corrected chi connectivity index (χ1v) is 8.43. The molecule has 4 rings (SSSR count). The summed E-state index contributed by atoms with van der Waals surface area (Å²) in [6.45, 7) is 8.31. The van der Waals surface area contributed by atoms with Gasteiger partial charge in [-0.25, -0.2) is 0 Å². The van der Waals surface area contributed by atoms with Crippen molar-refractivity contribution in [2.45, 2.75) is 19.4 Å². The normalized spacial score (nSPS) is 22.2. The Labute approximate surface area is 137 Å². The molecular weight excluding hydrogens is 292 g/mol. The van der Waals surface area contributed by atoms with Gasteiger partial charge in [-0.2, -0.15) is 0 Å². The van der Waals surface area contributed by atoms with Crippen LogP contribution in [0.4, 0.5) is 0 Å². The molecule has 0 spiro atoms. The predicted molar refractivity (Wildman–Crippen MR) is 91.5 cm³/mol. The minimum atomic E-state index is 0.746. The van der Waals surface area contributed by atoms with Crippen molar-refractivity contribution in [3.63, 3.8) is 0 Å². The molecule has 3 heteroatoms. The second-order valence-corrected chi connectivity index (χ2v) is 6.88. The summed E-state index contributed by atoms with van der Waals surface area (Å²) in [6, 6.07) is 8.17. The van der Waals surface area contributed by atoms with Crippen LogP contribution in [0.1, 0.15) is 18.4 Å². The van der Waals surface area contributed by atoms with Crippen molar-refractivity contribution in [1.82, 2.24) is 9.80 Å². The average Bonchev–Trinajstić information content (AvgIpc) is 3.34. The summed E-state index contributed by atoms with van der Waals surface area (Å²) in [5.41, 5.74) is 5.41. The van der Waals surface area contributed by atoms with Crippen LogP contribution in [0.2, 0.25) is 5.02 Å². The minimum absolute atomic E-state index is 0.746. The zero-order valence-electron chi connectivity index (χ0n) is 12.8. The highest BCUT2D eigenvalue weighted by Gasteiger charge is 2.34. The topological polar surface area (TPSA) is 6.48 Å². The minimum Gasteiger partial charge on any atom is -0.349 e. The lowest BCUT2D eigenvalue weighted by Crippen LogP contribution is -2.43. The van der Waals surface area contributed by atoms with Crippen LogP contribution in [0, 0.1) is 5.92 Å². The number of allylic oxidation sites excluding steroid dienone is 3. The van der Waals surface area contributed by atoms with Crippen LogP contribution in [0.5, 0.6) is 0 Å². The molecule has 1 aliphatic carbocycles. The second-order valence-electron chi connectivity index (χ2n) is 6.47.